The summed E-state index contributed by atoms with van der Waals surface area (Å²) in [5.41, 5.74) is 3.79. The third-order valence-corrected chi connectivity index (χ3v) is 2.74. The van der Waals surface area contributed by atoms with Gasteiger partial charge in [-0.15, -0.1) is 0 Å². The molecule has 0 saturated heterocycles. The van der Waals surface area contributed by atoms with Crippen LogP contribution in [-0.4, -0.2) is 6.04 Å². The number of hydrogen-bond acceptors (Lipinski definition) is 1. The van der Waals surface area contributed by atoms with Crippen molar-refractivity contribution >= 4 is 5.57 Å². The van der Waals surface area contributed by atoms with Gasteiger partial charge in [-0.3, -0.25) is 0 Å². The van der Waals surface area contributed by atoms with Gasteiger partial charge in [0.25, 0.3) is 0 Å². The molecule has 0 saturated carbocycles. The van der Waals surface area contributed by atoms with Gasteiger partial charge in [0.05, 0.1) is 0 Å². The van der Waals surface area contributed by atoms with Gasteiger partial charge in [0, 0.05) is 12.6 Å². The second kappa shape index (κ2) is 5.86. The predicted octanol–water partition coefficient (Wildman–Crippen LogP) is 3.85. The van der Waals surface area contributed by atoms with Crippen LogP contribution in [0.5, 0.6) is 0 Å². The molecule has 1 nitrogen and oxygen atoms in total. The first-order chi connectivity index (χ1) is 7.50. The molecule has 1 rings (SSSR count). The van der Waals surface area contributed by atoms with Gasteiger partial charge in [-0.05, 0) is 22.6 Å². The minimum Gasteiger partial charge on any atom is -0.310 e. The summed E-state index contributed by atoms with van der Waals surface area (Å²) in [6.45, 7) is 13.7. The smallest absolute Gasteiger partial charge is 0.0207 e. The van der Waals surface area contributed by atoms with E-state index in [0.29, 0.717) is 12.0 Å². The Morgan fingerprint density at radius 2 is 1.69 bits per heavy atom. The highest BCUT2D eigenvalue weighted by Crippen LogP contribution is 2.20. The molecule has 0 spiro atoms. The van der Waals surface area contributed by atoms with Gasteiger partial charge in [-0.25, -0.2) is 0 Å². The van der Waals surface area contributed by atoms with E-state index in [2.05, 4.69) is 63.9 Å². The summed E-state index contributed by atoms with van der Waals surface area (Å²) in [5, 5.41) is 3.41. The van der Waals surface area contributed by atoms with Gasteiger partial charge in [0.2, 0.25) is 0 Å². The van der Waals surface area contributed by atoms with Crippen LogP contribution < -0.4 is 5.32 Å². The number of benzene rings is 1. The Hall–Kier alpha value is -1.08. The summed E-state index contributed by atoms with van der Waals surface area (Å²) < 4.78 is 0. The average Bonchev–Trinajstić information content (AvgIpc) is 2.26. The monoisotopic (exact) mass is 217 g/mol. The molecule has 0 aliphatic rings. The Morgan fingerprint density at radius 1 is 1.12 bits per heavy atom. The summed E-state index contributed by atoms with van der Waals surface area (Å²) in [6.07, 6.45) is 0. The van der Waals surface area contributed by atoms with Crippen molar-refractivity contribution in [3.05, 3.63) is 42.0 Å². The zero-order valence-electron chi connectivity index (χ0n) is 10.9. The molecule has 0 aliphatic carbocycles. The number of hydrogen-bond donors (Lipinski definition) is 1. The SMILES string of the molecule is C=C(c1ccc(CNC(C)C)cc1)C(C)C. The summed E-state index contributed by atoms with van der Waals surface area (Å²) in [4.78, 5) is 0. The van der Waals surface area contributed by atoms with Crippen molar-refractivity contribution in [2.75, 3.05) is 0 Å². The molecule has 16 heavy (non-hydrogen) atoms. The molecule has 1 N–H and O–H groups in total. The molecular formula is C15H23N. The zero-order chi connectivity index (χ0) is 12.1. The summed E-state index contributed by atoms with van der Waals surface area (Å²) in [6, 6.07) is 9.22. The van der Waals surface area contributed by atoms with Crippen molar-refractivity contribution < 1.29 is 0 Å². The van der Waals surface area contributed by atoms with Crippen LogP contribution in [0, 0.1) is 5.92 Å². The first-order valence-electron chi connectivity index (χ1n) is 6.02. The molecule has 0 fully saturated rings. The van der Waals surface area contributed by atoms with Gasteiger partial charge in [-0.2, -0.15) is 0 Å². The van der Waals surface area contributed by atoms with E-state index in [4.69, 9.17) is 0 Å². The van der Waals surface area contributed by atoms with Crippen LogP contribution in [0.15, 0.2) is 30.8 Å². The minimum absolute atomic E-state index is 0.514. The van der Waals surface area contributed by atoms with Gasteiger partial charge in [-0.1, -0.05) is 58.5 Å². The number of nitrogens with one attached hydrogen (secondary N) is 1. The standard InChI is InChI=1S/C15H23N/c1-11(2)13(5)15-8-6-14(7-9-15)10-16-12(3)4/h6-9,11-12,16H,5,10H2,1-4H3. The fourth-order valence-electron chi connectivity index (χ4n) is 1.49. The lowest BCUT2D eigenvalue weighted by Crippen LogP contribution is -2.21. The van der Waals surface area contributed by atoms with Crippen molar-refractivity contribution in [1.82, 2.24) is 5.32 Å². The molecule has 0 aromatic heterocycles. The second-order valence-electron chi connectivity index (χ2n) is 4.91. The van der Waals surface area contributed by atoms with E-state index in [9.17, 15) is 0 Å². The molecule has 1 aromatic carbocycles. The van der Waals surface area contributed by atoms with Gasteiger partial charge < -0.3 is 5.32 Å². The maximum absolute atomic E-state index is 4.11. The Balaban J connectivity index is 2.64. The van der Waals surface area contributed by atoms with Gasteiger partial charge >= 0.3 is 0 Å². The third-order valence-electron chi connectivity index (χ3n) is 2.74. The number of rotatable bonds is 5. The van der Waals surface area contributed by atoms with E-state index in [-0.39, 0.29) is 0 Å². The molecule has 0 heterocycles. The zero-order valence-corrected chi connectivity index (χ0v) is 10.9. The molecule has 0 bridgehead atoms. The minimum atomic E-state index is 0.514. The van der Waals surface area contributed by atoms with E-state index in [0.717, 1.165) is 6.54 Å². The maximum Gasteiger partial charge on any atom is 0.0207 e. The molecule has 0 amide bonds. The lowest BCUT2D eigenvalue weighted by Gasteiger charge is -2.11. The molecule has 1 heteroatoms. The van der Waals surface area contributed by atoms with Crippen molar-refractivity contribution in [3.8, 4) is 0 Å². The normalized spacial score (nSPS) is 11.1. The van der Waals surface area contributed by atoms with E-state index < -0.39 is 0 Å². The molecule has 0 aliphatic heterocycles. The lowest BCUT2D eigenvalue weighted by atomic mass is 9.96. The summed E-state index contributed by atoms with van der Waals surface area (Å²) in [5.74, 6) is 0.514. The molecule has 0 unspecified atom stereocenters. The maximum atomic E-state index is 4.11. The summed E-state index contributed by atoms with van der Waals surface area (Å²) in [7, 11) is 0. The van der Waals surface area contributed by atoms with Gasteiger partial charge in [0.1, 0.15) is 0 Å². The molecule has 0 atom stereocenters. The van der Waals surface area contributed by atoms with Crippen LogP contribution in [0.3, 0.4) is 0 Å². The number of allylic oxidation sites excluding steroid dienone is 1. The van der Waals surface area contributed by atoms with E-state index in [1.165, 1.54) is 16.7 Å². The quantitative estimate of drug-likeness (QED) is 0.790. The van der Waals surface area contributed by atoms with Gasteiger partial charge in [0.15, 0.2) is 0 Å². The Kier molecular flexibility index (Phi) is 4.75. The van der Waals surface area contributed by atoms with E-state index in [1.807, 2.05) is 0 Å². The van der Waals surface area contributed by atoms with Crippen molar-refractivity contribution in [2.24, 2.45) is 5.92 Å². The van der Waals surface area contributed by atoms with Crippen LogP contribution in [0.25, 0.3) is 5.57 Å². The van der Waals surface area contributed by atoms with Crippen molar-refractivity contribution in [1.29, 1.82) is 0 Å². The fourth-order valence-corrected chi connectivity index (χ4v) is 1.49. The van der Waals surface area contributed by atoms with E-state index >= 15 is 0 Å². The summed E-state index contributed by atoms with van der Waals surface area (Å²) >= 11 is 0. The molecule has 0 radical (unpaired) electrons. The predicted molar refractivity (Wildman–Crippen MR) is 72.3 cm³/mol. The van der Waals surface area contributed by atoms with Crippen molar-refractivity contribution in [2.45, 2.75) is 40.3 Å². The second-order valence-corrected chi connectivity index (χ2v) is 4.91. The lowest BCUT2D eigenvalue weighted by molar-refractivity contribution is 0.589. The topological polar surface area (TPSA) is 12.0 Å². The van der Waals surface area contributed by atoms with Crippen LogP contribution in [-0.2, 0) is 6.54 Å². The highest BCUT2D eigenvalue weighted by atomic mass is 14.9. The Morgan fingerprint density at radius 3 is 2.12 bits per heavy atom. The van der Waals surface area contributed by atoms with Crippen LogP contribution in [0.4, 0.5) is 0 Å². The molecule has 1 aromatic rings. The first-order valence-corrected chi connectivity index (χ1v) is 6.02. The Labute approximate surface area is 99.6 Å². The van der Waals surface area contributed by atoms with E-state index in [1.54, 1.807) is 0 Å². The highest BCUT2D eigenvalue weighted by molar-refractivity contribution is 5.64. The molecule has 88 valence electrons. The van der Waals surface area contributed by atoms with Crippen LogP contribution in [0.2, 0.25) is 0 Å². The average molecular weight is 217 g/mol. The first kappa shape index (κ1) is 13.0. The molecular weight excluding hydrogens is 194 g/mol. The van der Waals surface area contributed by atoms with Crippen LogP contribution >= 0.6 is 0 Å². The Bertz CT molecular complexity index is 333. The fraction of sp³-hybridized carbons (Fsp3) is 0.467. The highest BCUT2D eigenvalue weighted by Gasteiger charge is 2.03. The van der Waals surface area contributed by atoms with Crippen molar-refractivity contribution in [3.63, 3.8) is 0 Å². The third kappa shape index (κ3) is 3.82. The van der Waals surface area contributed by atoms with Crippen LogP contribution in [0.1, 0.15) is 38.8 Å². The largest absolute Gasteiger partial charge is 0.310 e.